The molecule has 0 aliphatic heterocycles. The lowest BCUT2D eigenvalue weighted by molar-refractivity contribution is -0.119. The van der Waals surface area contributed by atoms with E-state index in [4.69, 9.17) is 17.3 Å². The number of primary amides is 1. The predicted molar refractivity (Wildman–Crippen MR) is 66.6 cm³/mol. The average Bonchev–Trinajstić information content (AvgIpc) is 2.27. The number of hydrogen-bond donors (Lipinski definition) is 1. The second-order valence-corrected chi connectivity index (χ2v) is 4.31. The van der Waals surface area contributed by atoms with Crippen molar-refractivity contribution in [2.45, 2.75) is 12.8 Å². The lowest BCUT2D eigenvalue weighted by atomic mass is 9.97. The Kier molecular flexibility index (Phi) is 2.84. The zero-order valence-electron chi connectivity index (χ0n) is 8.91. The molecule has 0 aliphatic carbocycles. The molecule has 1 unspecified atom stereocenters. The first-order valence-corrected chi connectivity index (χ1v) is 5.44. The highest BCUT2D eigenvalue weighted by Crippen LogP contribution is 2.24. The van der Waals surface area contributed by atoms with Crippen LogP contribution in [0.15, 0.2) is 36.4 Å². The van der Waals surface area contributed by atoms with Gasteiger partial charge >= 0.3 is 0 Å². The van der Waals surface area contributed by atoms with Crippen molar-refractivity contribution < 1.29 is 4.79 Å². The smallest absolute Gasteiger partial charge is 0.224 e. The van der Waals surface area contributed by atoms with Gasteiger partial charge in [-0.05, 0) is 35.4 Å². The van der Waals surface area contributed by atoms with Crippen molar-refractivity contribution in [1.82, 2.24) is 0 Å². The van der Waals surface area contributed by atoms with Crippen LogP contribution >= 0.6 is 11.6 Å². The Morgan fingerprint density at radius 2 is 1.81 bits per heavy atom. The summed E-state index contributed by atoms with van der Waals surface area (Å²) in [5, 5.41) is 2.84. The second-order valence-electron chi connectivity index (χ2n) is 3.87. The van der Waals surface area contributed by atoms with Crippen LogP contribution in [-0.2, 0) is 4.79 Å². The summed E-state index contributed by atoms with van der Waals surface area (Å²) in [7, 11) is 0. The number of rotatable bonds is 2. The van der Waals surface area contributed by atoms with E-state index in [1.54, 1.807) is 6.92 Å². The molecule has 0 aliphatic rings. The lowest BCUT2D eigenvalue weighted by Crippen LogP contribution is -2.18. The minimum atomic E-state index is -0.312. The fourth-order valence-electron chi connectivity index (χ4n) is 1.67. The number of fused-ring (bicyclic) bond motifs is 1. The molecular formula is C13H12ClNO. The molecule has 82 valence electrons. The van der Waals surface area contributed by atoms with Crippen LogP contribution in [0.25, 0.3) is 10.8 Å². The Balaban J connectivity index is 2.52. The second kappa shape index (κ2) is 4.14. The summed E-state index contributed by atoms with van der Waals surface area (Å²) >= 11 is 5.90. The van der Waals surface area contributed by atoms with Crippen LogP contribution in [0.2, 0.25) is 5.02 Å². The van der Waals surface area contributed by atoms with Crippen molar-refractivity contribution in [1.29, 1.82) is 0 Å². The summed E-state index contributed by atoms with van der Waals surface area (Å²) in [5.41, 5.74) is 6.21. The number of hydrogen-bond acceptors (Lipinski definition) is 1. The van der Waals surface area contributed by atoms with Gasteiger partial charge in [0.25, 0.3) is 0 Å². The van der Waals surface area contributed by atoms with Gasteiger partial charge in [0.2, 0.25) is 5.91 Å². The topological polar surface area (TPSA) is 43.1 Å². The van der Waals surface area contributed by atoms with Crippen LogP contribution in [0.5, 0.6) is 0 Å². The molecule has 2 rings (SSSR count). The monoisotopic (exact) mass is 233 g/mol. The number of amides is 1. The Bertz CT molecular complexity index is 551. The molecule has 0 saturated heterocycles. The van der Waals surface area contributed by atoms with Crippen LogP contribution in [0, 0.1) is 0 Å². The highest BCUT2D eigenvalue weighted by molar-refractivity contribution is 6.31. The number of benzene rings is 2. The predicted octanol–water partition coefficient (Wildman–Crippen LogP) is 3.08. The maximum absolute atomic E-state index is 11.1. The van der Waals surface area contributed by atoms with E-state index in [1.807, 2.05) is 36.4 Å². The highest BCUT2D eigenvalue weighted by atomic mass is 35.5. The van der Waals surface area contributed by atoms with E-state index in [9.17, 15) is 4.79 Å². The number of halogens is 1. The summed E-state index contributed by atoms with van der Waals surface area (Å²) in [6.45, 7) is 1.80. The highest BCUT2D eigenvalue weighted by Gasteiger charge is 2.11. The van der Waals surface area contributed by atoms with E-state index in [0.717, 1.165) is 16.3 Å². The molecule has 0 radical (unpaired) electrons. The maximum atomic E-state index is 11.1. The minimum Gasteiger partial charge on any atom is -0.369 e. The molecule has 0 aromatic heterocycles. The first kappa shape index (κ1) is 11.0. The molecule has 2 N–H and O–H groups in total. The van der Waals surface area contributed by atoms with Crippen molar-refractivity contribution >= 4 is 28.3 Å². The van der Waals surface area contributed by atoms with Crippen LogP contribution < -0.4 is 5.73 Å². The molecule has 2 aromatic rings. The Morgan fingerprint density at radius 3 is 2.50 bits per heavy atom. The third kappa shape index (κ3) is 2.02. The van der Waals surface area contributed by atoms with Gasteiger partial charge in [0, 0.05) is 5.02 Å². The first-order valence-electron chi connectivity index (χ1n) is 5.06. The van der Waals surface area contributed by atoms with Crippen molar-refractivity contribution in [3.8, 4) is 0 Å². The van der Waals surface area contributed by atoms with Gasteiger partial charge in [-0.25, -0.2) is 0 Å². The molecule has 0 bridgehead atoms. The maximum Gasteiger partial charge on any atom is 0.224 e. The standard InChI is InChI=1S/C13H12ClNO/c1-8(13(15)16)9-2-3-11-7-12(14)5-4-10(11)6-9/h2-8H,1H3,(H2,15,16). The van der Waals surface area contributed by atoms with Gasteiger partial charge < -0.3 is 5.73 Å². The molecular weight excluding hydrogens is 222 g/mol. The average molecular weight is 234 g/mol. The lowest BCUT2D eigenvalue weighted by Gasteiger charge is -2.08. The third-order valence-electron chi connectivity index (χ3n) is 2.75. The van der Waals surface area contributed by atoms with Crippen molar-refractivity contribution in [2.75, 3.05) is 0 Å². The number of carbonyl (C=O) groups excluding carboxylic acids is 1. The van der Waals surface area contributed by atoms with Crippen LogP contribution in [0.3, 0.4) is 0 Å². The Morgan fingerprint density at radius 1 is 1.19 bits per heavy atom. The molecule has 1 amide bonds. The van der Waals surface area contributed by atoms with E-state index in [-0.39, 0.29) is 11.8 Å². The minimum absolute atomic E-state index is 0.264. The van der Waals surface area contributed by atoms with E-state index in [0.29, 0.717) is 5.02 Å². The summed E-state index contributed by atoms with van der Waals surface area (Å²) in [4.78, 5) is 11.1. The fourth-order valence-corrected chi connectivity index (χ4v) is 1.85. The van der Waals surface area contributed by atoms with Gasteiger partial charge in [0.15, 0.2) is 0 Å². The molecule has 0 heterocycles. The van der Waals surface area contributed by atoms with E-state index in [1.165, 1.54) is 0 Å². The first-order chi connectivity index (χ1) is 7.58. The zero-order chi connectivity index (χ0) is 11.7. The summed E-state index contributed by atoms with van der Waals surface area (Å²) in [5.74, 6) is -0.576. The SMILES string of the molecule is CC(C(N)=O)c1ccc2cc(Cl)ccc2c1. The van der Waals surface area contributed by atoms with Gasteiger partial charge in [-0.2, -0.15) is 0 Å². The van der Waals surface area contributed by atoms with Crippen molar-refractivity contribution in [3.63, 3.8) is 0 Å². The van der Waals surface area contributed by atoms with Crippen molar-refractivity contribution in [2.24, 2.45) is 5.73 Å². The normalized spacial score (nSPS) is 12.6. The third-order valence-corrected chi connectivity index (χ3v) is 2.99. The zero-order valence-corrected chi connectivity index (χ0v) is 9.66. The molecule has 3 heteroatoms. The summed E-state index contributed by atoms with van der Waals surface area (Å²) in [6.07, 6.45) is 0. The van der Waals surface area contributed by atoms with Crippen LogP contribution in [0.1, 0.15) is 18.4 Å². The molecule has 0 saturated carbocycles. The molecule has 2 aromatic carbocycles. The van der Waals surface area contributed by atoms with E-state index >= 15 is 0 Å². The van der Waals surface area contributed by atoms with Crippen molar-refractivity contribution in [3.05, 3.63) is 47.0 Å². The van der Waals surface area contributed by atoms with Gasteiger partial charge in [0.05, 0.1) is 5.92 Å². The fraction of sp³-hybridized carbons (Fsp3) is 0.154. The van der Waals surface area contributed by atoms with Crippen LogP contribution in [0.4, 0.5) is 0 Å². The Hall–Kier alpha value is -1.54. The summed E-state index contributed by atoms with van der Waals surface area (Å²) < 4.78 is 0. The quantitative estimate of drug-likeness (QED) is 0.851. The van der Waals surface area contributed by atoms with Gasteiger partial charge in [-0.1, -0.05) is 35.9 Å². The summed E-state index contributed by atoms with van der Waals surface area (Å²) in [6, 6.07) is 11.5. The molecule has 1 atom stereocenters. The van der Waals surface area contributed by atoms with Crippen LogP contribution in [-0.4, -0.2) is 5.91 Å². The molecule has 0 spiro atoms. The largest absolute Gasteiger partial charge is 0.369 e. The van der Waals surface area contributed by atoms with E-state index < -0.39 is 0 Å². The number of nitrogens with two attached hydrogens (primary N) is 1. The van der Waals surface area contributed by atoms with Gasteiger partial charge in [-0.15, -0.1) is 0 Å². The Labute approximate surface area is 99.0 Å². The number of carbonyl (C=O) groups is 1. The van der Waals surface area contributed by atoms with E-state index in [2.05, 4.69) is 0 Å². The van der Waals surface area contributed by atoms with Gasteiger partial charge in [0.1, 0.15) is 0 Å². The molecule has 2 nitrogen and oxygen atoms in total. The molecule has 0 fully saturated rings. The van der Waals surface area contributed by atoms with Gasteiger partial charge in [-0.3, -0.25) is 4.79 Å². The molecule has 16 heavy (non-hydrogen) atoms.